The Morgan fingerprint density at radius 2 is 1.72 bits per heavy atom. The van der Waals surface area contributed by atoms with E-state index in [-0.39, 0.29) is 0 Å². The lowest BCUT2D eigenvalue weighted by Crippen LogP contribution is -2.38. The molecule has 6 nitrogen and oxygen atoms in total. The molecule has 0 saturated carbocycles. The molecule has 2 N–H and O–H groups in total. The summed E-state index contributed by atoms with van der Waals surface area (Å²) < 4.78 is 11.3. The Morgan fingerprint density at radius 1 is 0.969 bits per heavy atom. The van der Waals surface area contributed by atoms with Crippen LogP contribution in [0, 0.1) is 0 Å². The van der Waals surface area contributed by atoms with Gasteiger partial charge in [-0.15, -0.1) is 0 Å². The van der Waals surface area contributed by atoms with E-state index in [1.165, 1.54) is 0 Å². The molecule has 3 aromatic rings. The van der Waals surface area contributed by atoms with Crippen molar-refractivity contribution in [2.45, 2.75) is 19.2 Å². The zero-order chi connectivity index (χ0) is 22.0. The lowest BCUT2D eigenvalue weighted by molar-refractivity contribution is 0.0322. The highest BCUT2D eigenvalue weighted by molar-refractivity contribution is 5.63. The molecule has 0 aliphatic carbocycles. The van der Waals surface area contributed by atoms with Crippen molar-refractivity contribution in [1.82, 2.24) is 15.2 Å². The second kappa shape index (κ2) is 11.7. The monoisotopic (exact) mass is 433 g/mol. The summed E-state index contributed by atoms with van der Waals surface area (Å²) in [4.78, 5) is 6.89. The summed E-state index contributed by atoms with van der Waals surface area (Å²) >= 11 is 0. The van der Waals surface area contributed by atoms with Crippen molar-refractivity contribution in [2.24, 2.45) is 0 Å². The molecule has 0 amide bonds. The second-order valence-electron chi connectivity index (χ2n) is 7.95. The van der Waals surface area contributed by atoms with Crippen LogP contribution in [-0.2, 0) is 17.7 Å². The predicted molar refractivity (Wildman–Crippen MR) is 125 cm³/mol. The maximum absolute atomic E-state index is 10.3. The SMILES string of the molecule is OC(Cc1ccc(-c2ccc(OCCN3CCOCC3)cc2)cn1)NCc1ccccc1. The molecule has 1 aliphatic rings. The van der Waals surface area contributed by atoms with Crippen LogP contribution in [0.3, 0.4) is 0 Å². The largest absolute Gasteiger partial charge is 0.492 e. The van der Waals surface area contributed by atoms with Crippen LogP contribution >= 0.6 is 0 Å². The molecule has 1 fully saturated rings. The Hall–Kier alpha value is -2.77. The number of pyridine rings is 1. The van der Waals surface area contributed by atoms with Crippen molar-refractivity contribution in [2.75, 3.05) is 39.5 Å². The third-order valence-corrected chi connectivity index (χ3v) is 5.58. The second-order valence-corrected chi connectivity index (χ2v) is 7.95. The molecule has 168 valence electrons. The van der Waals surface area contributed by atoms with E-state index < -0.39 is 6.23 Å². The highest BCUT2D eigenvalue weighted by Crippen LogP contribution is 2.22. The molecular formula is C26H31N3O3. The molecule has 1 aromatic heterocycles. The minimum atomic E-state index is -0.637. The summed E-state index contributed by atoms with van der Waals surface area (Å²) in [7, 11) is 0. The van der Waals surface area contributed by atoms with Gasteiger partial charge in [-0.05, 0) is 29.3 Å². The number of benzene rings is 2. The van der Waals surface area contributed by atoms with Gasteiger partial charge in [0.15, 0.2) is 0 Å². The fraction of sp³-hybridized carbons (Fsp3) is 0.346. The van der Waals surface area contributed by atoms with Gasteiger partial charge in [0.25, 0.3) is 0 Å². The van der Waals surface area contributed by atoms with Crippen molar-refractivity contribution in [3.63, 3.8) is 0 Å². The summed E-state index contributed by atoms with van der Waals surface area (Å²) in [5.74, 6) is 0.874. The first-order valence-corrected chi connectivity index (χ1v) is 11.2. The number of rotatable bonds is 10. The molecule has 1 unspecified atom stereocenters. The number of ether oxygens (including phenoxy) is 2. The number of nitrogens with zero attached hydrogens (tertiary/aromatic N) is 2. The van der Waals surface area contributed by atoms with Gasteiger partial charge in [-0.1, -0.05) is 48.5 Å². The Kier molecular flexibility index (Phi) is 8.23. The van der Waals surface area contributed by atoms with Crippen LogP contribution < -0.4 is 10.1 Å². The highest BCUT2D eigenvalue weighted by Gasteiger charge is 2.10. The van der Waals surface area contributed by atoms with Crippen molar-refractivity contribution >= 4 is 0 Å². The average molecular weight is 434 g/mol. The number of morpholine rings is 1. The number of aromatic nitrogens is 1. The summed E-state index contributed by atoms with van der Waals surface area (Å²) in [6.45, 7) is 5.80. The molecule has 0 radical (unpaired) electrons. The molecule has 6 heteroatoms. The van der Waals surface area contributed by atoms with Gasteiger partial charge >= 0.3 is 0 Å². The molecule has 2 heterocycles. The first-order valence-electron chi connectivity index (χ1n) is 11.2. The van der Waals surface area contributed by atoms with Gasteiger partial charge in [-0.25, -0.2) is 0 Å². The number of hydrogen-bond donors (Lipinski definition) is 2. The number of aliphatic hydroxyl groups excluding tert-OH is 1. The Bertz CT molecular complexity index is 927. The Morgan fingerprint density at radius 3 is 2.44 bits per heavy atom. The topological polar surface area (TPSA) is 66.9 Å². The number of hydrogen-bond acceptors (Lipinski definition) is 6. The Labute approximate surface area is 189 Å². The van der Waals surface area contributed by atoms with E-state index in [1.54, 1.807) is 0 Å². The van der Waals surface area contributed by atoms with Gasteiger partial charge in [-0.3, -0.25) is 15.2 Å². The fourth-order valence-corrected chi connectivity index (χ4v) is 3.68. The molecule has 32 heavy (non-hydrogen) atoms. The van der Waals surface area contributed by atoms with Gasteiger partial charge in [0.1, 0.15) is 18.6 Å². The van der Waals surface area contributed by atoms with Crippen LogP contribution in [0.4, 0.5) is 0 Å². The molecule has 0 bridgehead atoms. The molecule has 2 aromatic carbocycles. The van der Waals surface area contributed by atoms with Crippen LogP contribution in [-0.4, -0.2) is 60.7 Å². The van der Waals surface area contributed by atoms with E-state index in [0.717, 1.165) is 61.0 Å². The Balaban J connectivity index is 1.23. The van der Waals surface area contributed by atoms with Crippen LogP contribution in [0.5, 0.6) is 5.75 Å². The lowest BCUT2D eigenvalue weighted by Gasteiger charge is -2.26. The first kappa shape index (κ1) is 22.4. The van der Waals surface area contributed by atoms with E-state index in [2.05, 4.69) is 27.3 Å². The van der Waals surface area contributed by atoms with E-state index in [9.17, 15) is 5.11 Å². The average Bonchev–Trinajstić information content (AvgIpc) is 2.85. The molecular weight excluding hydrogens is 402 g/mol. The van der Waals surface area contributed by atoms with Crippen molar-refractivity contribution < 1.29 is 14.6 Å². The first-order chi connectivity index (χ1) is 15.8. The maximum atomic E-state index is 10.3. The number of nitrogens with one attached hydrogen (secondary N) is 1. The zero-order valence-corrected chi connectivity index (χ0v) is 18.3. The van der Waals surface area contributed by atoms with Gasteiger partial charge in [0, 0.05) is 50.1 Å². The highest BCUT2D eigenvalue weighted by atomic mass is 16.5. The third kappa shape index (κ3) is 6.87. The van der Waals surface area contributed by atoms with Crippen LogP contribution in [0.1, 0.15) is 11.3 Å². The maximum Gasteiger partial charge on any atom is 0.119 e. The fourth-order valence-electron chi connectivity index (χ4n) is 3.68. The van der Waals surface area contributed by atoms with Crippen LogP contribution in [0.15, 0.2) is 72.9 Å². The van der Waals surface area contributed by atoms with E-state index >= 15 is 0 Å². The predicted octanol–water partition coefficient (Wildman–Crippen LogP) is 3.11. The summed E-state index contributed by atoms with van der Waals surface area (Å²) in [6.07, 6.45) is 1.68. The summed E-state index contributed by atoms with van der Waals surface area (Å²) in [5.41, 5.74) is 4.13. The van der Waals surface area contributed by atoms with Crippen LogP contribution in [0.2, 0.25) is 0 Å². The van der Waals surface area contributed by atoms with Gasteiger partial charge in [0.05, 0.1) is 13.2 Å². The molecule has 1 aliphatic heterocycles. The van der Waals surface area contributed by atoms with Crippen molar-refractivity contribution in [3.8, 4) is 16.9 Å². The number of aliphatic hydroxyl groups is 1. The van der Waals surface area contributed by atoms with Gasteiger partial charge in [-0.2, -0.15) is 0 Å². The molecule has 4 rings (SSSR count). The standard InChI is InChI=1S/C26H31N3O3/c30-26(28-19-21-4-2-1-3-5-21)18-24-9-6-23(20-27-24)22-7-10-25(11-8-22)32-17-14-29-12-15-31-16-13-29/h1-11,20,26,28,30H,12-19H2. The smallest absolute Gasteiger partial charge is 0.119 e. The van der Waals surface area contributed by atoms with Crippen molar-refractivity contribution in [3.05, 3.63) is 84.2 Å². The minimum absolute atomic E-state index is 0.461. The van der Waals surface area contributed by atoms with Crippen LogP contribution in [0.25, 0.3) is 11.1 Å². The summed E-state index contributed by atoms with van der Waals surface area (Å²) in [6, 6.07) is 22.2. The molecule has 1 atom stereocenters. The molecule has 1 saturated heterocycles. The van der Waals surface area contributed by atoms with Gasteiger partial charge < -0.3 is 14.6 Å². The summed E-state index contributed by atoms with van der Waals surface area (Å²) in [5, 5.41) is 13.4. The zero-order valence-electron chi connectivity index (χ0n) is 18.3. The lowest BCUT2D eigenvalue weighted by atomic mass is 10.1. The molecule has 0 spiro atoms. The minimum Gasteiger partial charge on any atom is -0.492 e. The van der Waals surface area contributed by atoms with Gasteiger partial charge in [0.2, 0.25) is 0 Å². The van der Waals surface area contributed by atoms with E-state index in [0.29, 0.717) is 19.6 Å². The quantitative estimate of drug-likeness (QED) is 0.479. The van der Waals surface area contributed by atoms with E-state index in [4.69, 9.17) is 9.47 Å². The van der Waals surface area contributed by atoms with Crippen molar-refractivity contribution in [1.29, 1.82) is 0 Å². The van der Waals surface area contributed by atoms with E-state index in [1.807, 2.05) is 60.8 Å². The normalized spacial score (nSPS) is 15.4. The third-order valence-electron chi connectivity index (χ3n) is 5.58.